The van der Waals surface area contributed by atoms with Crippen molar-refractivity contribution in [3.63, 3.8) is 0 Å². The third kappa shape index (κ3) is 7.46. The van der Waals surface area contributed by atoms with Crippen LogP contribution in [-0.4, -0.2) is 47.3 Å². The number of carboxylic acid groups (broad SMARTS) is 1. The number of hydrogen-bond donors (Lipinski definition) is 5. The van der Waals surface area contributed by atoms with Crippen molar-refractivity contribution in [3.8, 4) is 16.9 Å². The molecule has 0 aromatic heterocycles. The van der Waals surface area contributed by atoms with Gasteiger partial charge in [-0.25, -0.2) is 4.79 Å². The quantitative estimate of drug-likeness (QED) is 0.208. The van der Waals surface area contributed by atoms with Gasteiger partial charge in [-0.2, -0.15) is 0 Å². The van der Waals surface area contributed by atoms with E-state index in [4.69, 9.17) is 21.4 Å². The Morgan fingerprint density at radius 3 is 2.28 bits per heavy atom. The number of aliphatic hydroxyl groups is 1. The number of hydrogen-bond acceptors (Lipinski definition) is 6. The molecule has 0 saturated carbocycles. The Morgan fingerprint density at radius 2 is 1.67 bits per heavy atom. The maximum absolute atomic E-state index is 12.5. The molecule has 9 nitrogen and oxygen atoms in total. The molecule has 0 bridgehead atoms. The highest BCUT2D eigenvalue weighted by atomic mass is 35.5. The fourth-order valence-corrected chi connectivity index (χ4v) is 3.81. The molecule has 3 aromatic carbocycles. The van der Waals surface area contributed by atoms with E-state index in [0.717, 1.165) is 11.1 Å². The number of ether oxygens (including phenoxy) is 1. The largest absolute Gasteiger partial charge is 0.497 e. The number of aliphatic hydroxyl groups excluding tert-OH is 1. The molecule has 0 heterocycles. The summed E-state index contributed by atoms with van der Waals surface area (Å²) in [5.74, 6) is -2.79. The van der Waals surface area contributed by atoms with E-state index in [2.05, 4.69) is 16.2 Å². The number of hydrazine groups is 1. The molecule has 0 unspecified atom stereocenters. The average Bonchev–Trinajstić information content (AvgIpc) is 2.88. The fraction of sp³-hybridized carbons (Fsp3) is 0.192. The summed E-state index contributed by atoms with van der Waals surface area (Å²) < 4.78 is 5.06. The highest BCUT2D eigenvalue weighted by Gasteiger charge is 2.25. The van der Waals surface area contributed by atoms with E-state index in [-0.39, 0.29) is 12.8 Å². The predicted molar refractivity (Wildman–Crippen MR) is 136 cm³/mol. The molecule has 10 heteroatoms. The van der Waals surface area contributed by atoms with Crippen LogP contribution in [-0.2, 0) is 20.8 Å². The van der Waals surface area contributed by atoms with Crippen molar-refractivity contribution in [2.24, 2.45) is 0 Å². The van der Waals surface area contributed by atoms with Crippen LogP contribution in [0, 0.1) is 0 Å². The van der Waals surface area contributed by atoms with Gasteiger partial charge < -0.3 is 20.3 Å². The number of anilines is 1. The molecule has 5 N–H and O–H groups in total. The van der Waals surface area contributed by atoms with Crippen LogP contribution in [0.3, 0.4) is 0 Å². The van der Waals surface area contributed by atoms with Crippen LogP contribution in [0.4, 0.5) is 5.69 Å². The number of carbonyl (C=O) groups excluding carboxylic acids is 2. The first-order chi connectivity index (χ1) is 17.3. The van der Waals surface area contributed by atoms with Gasteiger partial charge >= 0.3 is 17.8 Å². The maximum Gasteiger partial charge on any atom is 0.332 e. The minimum atomic E-state index is -1.73. The summed E-state index contributed by atoms with van der Waals surface area (Å²) in [7, 11) is 1.53. The second kappa shape index (κ2) is 12.6. The molecule has 36 heavy (non-hydrogen) atoms. The van der Waals surface area contributed by atoms with Crippen LogP contribution in [0.5, 0.6) is 5.75 Å². The first-order valence-electron chi connectivity index (χ1n) is 11.0. The molecule has 0 aliphatic rings. The van der Waals surface area contributed by atoms with Gasteiger partial charge in [-0.15, -0.1) is 0 Å². The predicted octanol–water partition coefficient (Wildman–Crippen LogP) is 3.02. The molecule has 0 radical (unpaired) electrons. The van der Waals surface area contributed by atoms with Gasteiger partial charge in [0.05, 0.1) is 12.8 Å². The van der Waals surface area contributed by atoms with E-state index < -0.39 is 29.9 Å². The van der Waals surface area contributed by atoms with Crippen LogP contribution in [0.15, 0.2) is 72.8 Å². The van der Waals surface area contributed by atoms with Gasteiger partial charge in [0.15, 0.2) is 6.10 Å². The van der Waals surface area contributed by atoms with E-state index in [9.17, 15) is 19.5 Å². The summed E-state index contributed by atoms with van der Waals surface area (Å²) in [6.07, 6.45) is -1.89. The summed E-state index contributed by atoms with van der Waals surface area (Å²) in [6, 6.07) is 20.6. The molecule has 0 saturated heterocycles. The molecule has 3 aromatic rings. The van der Waals surface area contributed by atoms with Gasteiger partial charge in [0.1, 0.15) is 5.75 Å². The summed E-state index contributed by atoms with van der Waals surface area (Å²) in [4.78, 5) is 36.0. The van der Waals surface area contributed by atoms with Crippen molar-refractivity contribution in [1.29, 1.82) is 0 Å². The Hall–Kier alpha value is -4.08. The summed E-state index contributed by atoms with van der Waals surface area (Å²) in [6.45, 7) is 0. The Kier molecular flexibility index (Phi) is 9.26. The van der Waals surface area contributed by atoms with Crippen LogP contribution >= 0.6 is 11.6 Å². The maximum atomic E-state index is 12.5. The molecule has 188 valence electrons. The van der Waals surface area contributed by atoms with Crippen molar-refractivity contribution in [1.82, 2.24) is 10.7 Å². The molecule has 0 fully saturated rings. The first-order valence-corrected chi connectivity index (χ1v) is 11.4. The van der Waals surface area contributed by atoms with Crippen LogP contribution in [0.1, 0.15) is 12.0 Å². The number of carboxylic acids is 1. The number of methoxy groups -OCH3 is 1. The van der Waals surface area contributed by atoms with Crippen LogP contribution in [0.25, 0.3) is 11.1 Å². The smallest absolute Gasteiger partial charge is 0.332 e. The summed E-state index contributed by atoms with van der Waals surface area (Å²) >= 11 is 6.47. The van der Waals surface area contributed by atoms with Gasteiger partial charge in [-0.1, -0.05) is 54.1 Å². The zero-order valence-electron chi connectivity index (χ0n) is 19.4. The monoisotopic (exact) mass is 511 g/mol. The van der Waals surface area contributed by atoms with Gasteiger partial charge in [0, 0.05) is 23.0 Å². The lowest BCUT2D eigenvalue weighted by atomic mass is 9.97. The molecular formula is C26H26ClN3O6. The number of aliphatic carboxylic acids is 1. The van der Waals surface area contributed by atoms with Gasteiger partial charge in [0.25, 0.3) is 0 Å². The molecule has 3 rings (SSSR count). The van der Waals surface area contributed by atoms with Gasteiger partial charge in [0.2, 0.25) is 0 Å². The number of benzene rings is 3. The second-order valence-corrected chi connectivity index (χ2v) is 8.36. The first kappa shape index (κ1) is 26.5. The lowest BCUT2D eigenvalue weighted by Crippen LogP contribution is -2.48. The molecule has 0 aliphatic heterocycles. The molecule has 2 atom stereocenters. The third-order valence-corrected chi connectivity index (χ3v) is 5.66. The highest BCUT2D eigenvalue weighted by molar-refractivity contribution is 6.35. The Balaban J connectivity index is 1.67. The fourth-order valence-electron chi connectivity index (χ4n) is 3.50. The highest BCUT2D eigenvalue weighted by Crippen LogP contribution is 2.29. The van der Waals surface area contributed by atoms with E-state index in [1.807, 2.05) is 36.4 Å². The van der Waals surface area contributed by atoms with Crippen molar-refractivity contribution in [2.45, 2.75) is 25.0 Å². The molecular weight excluding hydrogens is 486 g/mol. The Labute approximate surface area is 213 Å². The van der Waals surface area contributed by atoms with Crippen LogP contribution < -0.4 is 20.9 Å². The molecule has 0 aliphatic carbocycles. The number of halogens is 1. The van der Waals surface area contributed by atoms with E-state index in [1.165, 1.54) is 7.11 Å². The van der Waals surface area contributed by atoms with Crippen molar-refractivity contribution in [2.75, 3.05) is 12.5 Å². The minimum absolute atomic E-state index is 0.143. The van der Waals surface area contributed by atoms with Crippen molar-refractivity contribution >= 4 is 35.1 Å². The summed E-state index contributed by atoms with van der Waals surface area (Å²) in [5, 5.41) is 22.0. The molecule has 2 amide bonds. The number of nitrogens with one attached hydrogen (secondary N) is 3. The number of amides is 2. The molecule has 0 spiro atoms. The lowest BCUT2D eigenvalue weighted by Gasteiger charge is -2.21. The van der Waals surface area contributed by atoms with Crippen LogP contribution in [0.2, 0.25) is 5.02 Å². The number of carbonyl (C=O) groups is 3. The topological polar surface area (TPSA) is 137 Å². The lowest BCUT2D eigenvalue weighted by molar-refractivity contribution is -0.147. The van der Waals surface area contributed by atoms with Crippen molar-refractivity contribution in [3.05, 3.63) is 83.4 Å². The Morgan fingerprint density at radius 1 is 0.972 bits per heavy atom. The van der Waals surface area contributed by atoms with E-state index in [1.54, 1.807) is 36.4 Å². The normalized spacial score (nSPS) is 12.2. The number of rotatable bonds is 10. The zero-order chi connectivity index (χ0) is 26.1. The minimum Gasteiger partial charge on any atom is -0.497 e. The van der Waals surface area contributed by atoms with Crippen molar-refractivity contribution < 1.29 is 29.3 Å². The SMILES string of the molecule is COc1ccc(NNC(=O)C(=O)N[C@H](Cc2ccc(-c3ccccc3)c(Cl)c2)C[C@@H](O)C(=O)O)cc1. The van der Waals surface area contributed by atoms with Gasteiger partial charge in [-0.05, 0) is 47.9 Å². The average molecular weight is 512 g/mol. The van der Waals surface area contributed by atoms with E-state index in [0.29, 0.717) is 22.0 Å². The zero-order valence-corrected chi connectivity index (χ0v) is 20.2. The standard InChI is InChI=1S/C26H26ClN3O6/c1-36-20-10-8-18(9-11-20)29-30-25(33)24(32)28-19(15-23(31)26(34)35)13-16-7-12-21(22(27)14-16)17-5-3-2-4-6-17/h2-12,14,19,23,29,31H,13,15H2,1H3,(H,28,32)(H,30,33)(H,34,35)/t19-,23-/m1/s1. The van der Waals surface area contributed by atoms with Gasteiger partial charge in [-0.3, -0.25) is 20.4 Å². The third-order valence-electron chi connectivity index (χ3n) is 5.35. The summed E-state index contributed by atoms with van der Waals surface area (Å²) in [5.41, 5.74) is 7.84. The Bertz CT molecular complexity index is 1200. The second-order valence-electron chi connectivity index (χ2n) is 7.95. The van der Waals surface area contributed by atoms with E-state index >= 15 is 0 Å².